The number of carboxylic acids is 1. The van der Waals surface area contributed by atoms with Gasteiger partial charge in [-0.2, -0.15) is 0 Å². The van der Waals surface area contributed by atoms with Crippen LogP contribution in [-0.2, 0) is 14.3 Å². The van der Waals surface area contributed by atoms with Crippen LogP contribution in [0.15, 0.2) is 18.2 Å². The second-order valence-corrected chi connectivity index (χ2v) is 5.61. The molecule has 1 unspecified atom stereocenters. The number of morpholine rings is 1. The van der Waals surface area contributed by atoms with E-state index in [4.69, 9.17) is 37.8 Å². The summed E-state index contributed by atoms with van der Waals surface area (Å²) in [5, 5.41) is 9.51. The van der Waals surface area contributed by atoms with E-state index in [0.29, 0.717) is 28.9 Å². The number of hydrogen-bond acceptors (Lipinski definition) is 4. The Bertz CT molecular complexity index is 566. The average Bonchev–Trinajstić information content (AvgIpc) is 2.48. The molecule has 0 radical (unpaired) electrons. The summed E-state index contributed by atoms with van der Waals surface area (Å²) in [5.74, 6) is -0.741. The van der Waals surface area contributed by atoms with Crippen molar-refractivity contribution in [3.63, 3.8) is 0 Å². The number of ether oxygens (including phenoxy) is 2. The summed E-state index contributed by atoms with van der Waals surface area (Å²) >= 11 is 11.7. The summed E-state index contributed by atoms with van der Waals surface area (Å²) in [6.07, 6.45) is -0.613. The van der Waals surface area contributed by atoms with Gasteiger partial charge in [0, 0.05) is 19.2 Å². The maximum Gasteiger partial charge on any atom is 0.306 e. The summed E-state index contributed by atoms with van der Waals surface area (Å²) < 4.78 is 10.7. The van der Waals surface area contributed by atoms with E-state index in [-0.39, 0.29) is 25.5 Å². The molecule has 1 saturated heterocycles. The van der Waals surface area contributed by atoms with Crippen molar-refractivity contribution >= 4 is 35.1 Å². The van der Waals surface area contributed by atoms with Crippen LogP contribution >= 0.6 is 23.2 Å². The lowest BCUT2D eigenvalue weighted by molar-refractivity contribution is -0.148. The fraction of sp³-hybridized carbons (Fsp3) is 0.429. The first-order valence-corrected chi connectivity index (χ1v) is 7.40. The molecule has 0 bridgehead atoms. The molecule has 1 aromatic rings. The molecule has 1 atom stereocenters. The standard InChI is InChI=1S/C14H15Cl2NO5/c15-11-2-1-9(5-12(11)16)22-8-13(18)17-3-4-21-10(7-17)6-14(19)20/h1-2,5,10H,3-4,6-8H2,(H,19,20). The van der Waals surface area contributed by atoms with Crippen molar-refractivity contribution in [1.29, 1.82) is 0 Å². The minimum atomic E-state index is -0.952. The molecule has 1 aliphatic rings. The van der Waals surface area contributed by atoms with Crippen LogP contribution in [0.3, 0.4) is 0 Å². The van der Waals surface area contributed by atoms with Gasteiger partial charge in [0.15, 0.2) is 6.61 Å². The number of amides is 1. The first-order chi connectivity index (χ1) is 10.5. The number of aliphatic carboxylic acids is 1. The molecule has 22 heavy (non-hydrogen) atoms. The first kappa shape index (κ1) is 16.9. The van der Waals surface area contributed by atoms with Crippen LogP contribution in [0.5, 0.6) is 5.75 Å². The van der Waals surface area contributed by atoms with E-state index in [1.807, 2.05) is 0 Å². The van der Waals surface area contributed by atoms with E-state index in [2.05, 4.69) is 0 Å². The van der Waals surface area contributed by atoms with E-state index in [9.17, 15) is 9.59 Å². The molecule has 120 valence electrons. The Labute approximate surface area is 137 Å². The van der Waals surface area contributed by atoms with Crippen molar-refractivity contribution in [3.8, 4) is 5.75 Å². The third kappa shape index (κ3) is 4.76. The van der Waals surface area contributed by atoms with Gasteiger partial charge in [-0.1, -0.05) is 23.2 Å². The van der Waals surface area contributed by atoms with Gasteiger partial charge < -0.3 is 19.5 Å². The number of halogens is 2. The van der Waals surface area contributed by atoms with Crippen molar-refractivity contribution < 1.29 is 24.2 Å². The zero-order valence-electron chi connectivity index (χ0n) is 11.6. The molecule has 2 rings (SSSR count). The van der Waals surface area contributed by atoms with Crippen LogP contribution in [0.1, 0.15) is 6.42 Å². The summed E-state index contributed by atoms with van der Waals surface area (Å²) in [5.41, 5.74) is 0. The van der Waals surface area contributed by atoms with E-state index in [1.54, 1.807) is 12.1 Å². The molecule has 1 aromatic carbocycles. The highest BCUT2D eigenvalue weighted by Crippen LogP contribution is 2.26. The predicted molar refractivity (Wildman–Crippen MR) is 80.5 cm³/mol. The smallest absolute Gasteiger partial charge is 0.306 e. The second-order valence-electron chi connectivity index (χ2n) is 4.80. The van der Waals surface area contributed by atoms with Crippen LogP contribution in [0.2, 0.25) is 10.0 Å². The fourth-order valence-electron chi connectivity index (χ4n) is 2.07. The third-order valence-corrected chi connectivity index (χ3v) is 3.89. The lowest BCUT2D eigenvalue weighted by Gasteiger charge is -2.32. The predicted octanol–water partition coefficient (Wildman–Crippen LogP) is 2.07. The topological polar surface area (TPSA) is 76.1 Å². The maximum atomic E-state index is 12.1. The first-order valence-electron chi connectivity index (χ1n) is 6.64. The highest BCUT2D eigenvalue weighted by molar-refractivity contribution is 6.42. The highest BCUT2D eigenvalue weighted by Gasteiger charge is 2.26. The molecule has 0 saturated carbocycles. The van der Waals surface area contributed by atoms with Crippen molar-refractivity contribution in [2.75, 3.05) is 26.3 Å². The molecule has 1 heterocycles. The van der Waals surface area contributed by atoms with Crippen LogP contribution in [0.4, 0.5) is 0 Å². The van der Waals surface area contributed by atoms with Gasteiger partial charge in [-0.3, -0.25) is 9.59 Å². The molecular weight excluding hydrogens is 333 g/mol. The lowest BCUT2D eigenvalue weighted by atomic mass is 10.2. The zero-order valence-corrected chi connectivity index (χ0v) is 13.1. The van der Waals surface area contributed by atoms with Crippen LogP contribution in [-0.4, -0.2) is 54.3 Å². The van der Waals surface area contributed by atoms with Gasteiger partial charge in [-0.25, -0.2) is 0 Å². The number of carbonyl (C=O) groups is 2. The summed E-state index contributed by atoms with van der Waals surface area (Å²) in [6.45, 7) is 0.823. The largest absolute Gasteiger partial charge is 0.484 e. The number of carboxylic acid groups (broad SMARTS) is 1. The van der Waals surface area contributed by atoms with E-state index >= 15 is 0 Å². The summed E-state index contributed by atoms with van der Waals surface area (Å²) in [7, 11) is 0. The molecule has 8 heteroatoms. The molecule has 0 aromatic heterocycles. The van der Waals surface area contributed by atoms with Crippen LogP contribution < -0.4 is 4.74 Å². The SMILES string of the molecule is O=C(O)CC1CN(C(=O)COc2ccc(Cl)c(Cl)c2)CCO1. The molecule has 1 N–H and O–H groups in total. The number of rotatable bonds is 5. The van der Waals surface area contributed by atoms with Crippen molar-refractivity contribution in [2.24, 2.45) is 0 Å². The highest BCUT2D eigenvalue weighted by atomic mass is 35.5. The molecule has 1 aliphatic heterocycles. The van der Waals surface area contributed by atoms with Gasteiger partial charge in [-0.15, -0.1) is 0 Å². The number of carbonyl (C=O) groups excluding carboxylic acids is 1. The zero-order chi connectivity index (χ0) is 16.1. The van der Waals surface area contributed by atoms with Gasteiger partial charge in [0.25, 0.3) is 5.91 Å². The number of hydrogen-bond donors (Lipinski definition) is 1. The van der Waals surface area contributed by atoms with E-state index in [0.717, 1.165) is 0 Å². The third-order valence-electron chi connectivity index (χ3n) is 3.15. The van der Waals surface area contributed by atoms with Crippen molar-refractivity contribution in [3.05, 3.63) is 28.2 Å². The van der Waals surface area contributed by atoms with Gasteiger partial charge in [0.2, 0.25) is 0 Å². The van der Waals surface area contributed by atoms with Crippen LogP contribution in [0.25, 0.3) is 0 Å². The Balaban J connectivity index is 1.86. The summed E-state index contributed by atoms with van der Waals surface area (Å²) in [6, 6.07) is 4.74. The maximum absolute atomic E-state index is 12.1. The van der Waals surface area contributed by atoms with Gasteiger partial charge >= 0.3 is 5.97 Å². The molecule has 6 nitrogen and oxygen atoms in total. The van der Waals surface area contributed by atoms with Crippen molar-refractivity contribution in [2.45, 2.75) is 12.5 Å². The van der Waals surface area contributed by atoms with E-state index in [1.165, 1.54) is 11.0 Å². The molecule has 1 fully saturated rings. The Morgan fingerprint density at radius 3 is 2.82 bits per heavy atom. The fourth-order valence-corrected chi connectivity index (χ4v) is 2.36. The Kier molecular flexibility index (Phi) is 5.88. The van der Waals surface area contributed by atoms with Crippen molar-refractivity contribution in [1.82, 2.24) is 4.90 Å². The van der Waals surface area contributed by atoms with E-state index < -0.39 is 12.1 Å². The average molecular weight is 348 g/mol. The normalized spacial score (nSPS) is 18.1. The Morgan fingerprint density at radius 1 is 1.36 bits per heavy atom. The number of nitrogens with zero attached hydrogens (tertiary/aromatic N) is 1. The minimum Gasteiger partial charge on any atom is -0.484 e. The minimum absolute atomic E-state index is 0.128. The monoisotopic (exact) mass is 347 g/mol. The molecule has 1 amide bonds. The Morgan fingerprint density at radius 2 is 2.14 bits per heavy atom. The number of benzene rings is 1. The van der Waals surface area contributed by atoms with Gasteiger partial charge in [0.05, 0.1) is 29.2 Å². The lowest BCUT2D eigenvalue weighted by Crippen LogP contribution is -2.47. The summed E-state index contributed by atoms with van der Waals surface area (Å²) in [4.78, 5) is 24.3. The Hall–Kier alpha value is -1.50. The van der Waals surface area contributed by atoms with Crippen LogP contribution in [0, 0.1) is 0 Å². The second kappa shape index (κ2) is 7.67. The molecule has 0 aliphatic carbocycles. The molecule has 0 spiro atoms. The quantitative estimate of drug-likeness (QED) is 0.882. The van der Waals surface area contributed by atoms with Gasteiger partial charge in [0.1, 0.15) is 5.75 Å². The molecular formula is C14H15Cl2NO5. The van der Waals surface area contributed by atoms with Gasteiger partial charge in [-0.05, 0) is 12.1 Å².